The van der Waals surface area contributed by atoms with Crippen molar-refractivity contribution in [3.05, 3.63) is 29.3 Å². The van der Waals surface area contributed by atoms with Crippen LogP contribution in [0.3, 0.4) is 0 Å². The normalized spacial score (nSPS) is 13.6. The van der Waals surface area contributed by atoms with Crippen LogP contribution in [-0.4, -0.2) is 18.4 Å². The third-order valence-electron chi connectivity index (χ3n) is 2.11. The van der Waals surface area contributed by atoms with Crippen LogP contribution in [0.15, 0.2) is 18.2 Å². The van der Waals surface area contributed by atoms with E-state index < -0.39 is 0 Å². The number of nitrogens with one attached hydrogen (secondary N) is 1. The minimum Gasteiger partial charge on any atom is -0.457 e. The van der Waals surface area contributed by atoms with Gasteiger partial charge in [-0.2, -0.15) is 0 Å². The van der Waals surface area contributed by atoms with Gasteiger partial charge in [0.25, 0.3) is 0 Å². The first kappa shape index (κ1) is 9.34. The zero-order valence-corrected chi connectivity index (χ0v) is 8.30. The van der Waals surface area contributed by atoms with Gasteiger partial charge in [0.1, 0.15) is 6.61 Å². The van der Waals surface area contributed by atoms with Gasteiger partial charge in [-0.15, -0.1) is 11.6 Å². The number of halogens is 1. The van der Waals surface area contributed by atoms with Gasteiger partial charge >= 0.3 is 5.97 Å². The van der Waals surface area contributed by atoms with Gasteiger partial charge in [0, 0.05) is 23.7 Å². The number of carbonyl (C=O) groups is 1. The smallest absolute Gasteiger partial charge is 0.338 e. The predicted molar refractivity (Wildman–Crippen MR) is 54.8 cm³/mol. The van der Waals surface area contributed by atoms with Gasteiger partial charge in [-0.05, 0) is 18.2 Å². The molecule has 1 N–H and O–H groups in total. The molecule has 0 fully saturated rings. The summed E-state index contributed by atoms with van der Waals surface area (Å²) in [6.07, 6.45) is 0. The van der Waals surface area contributed by atoms with Crippen LogP contribution < -0.4 is 5.32 Å². The van der Waals surface area contributed by atoms with Gasteiger partial charge in [-0.25, -0.2) is 4.79 Å². The molecule has 2 rings (SSSR count). The number of anilines is 1. The number of alkyl halides is 1. The number of esters is 1. The molecule has 14 heavy (non-hydrogen) atoms. The molecule has 1 aliphatic heterocycles. The summed E-state index contributed by atoms with van der Waals surface area (Å²) in [5.41, 5.74) is 2.58. The molecule has 1 aromatic rings. The summed E-state index contributed by atoms with van der Waals surface area (Å²) < 4.78 is 4.89. The predicted octanol–water partition coefficient (Wildman–Crippen LogP) is 2.01. The summed E-state index contributed by atoms with van der Waals surface area (Å²) in [4.78, 5) is 11.1. The van der Waals surface area contributed by atoms with E-state index in [1.165, 1.54) is 0 Å². The number of fused-ring (bicyclic) bond motifs is 1. The molecule has 4 heteroatoms. The Kier molecular flexibility index (Phi) is 2.59. The summed E-state index contributed by atoms with van der Waals surface area (Å²) in [6.45, 7) is 1.10. The van der Waals surface area contributed by atoms with E-state index in [0.717, 1.165) is 17.8 Å². The summed E-state index contributed by atoms with van der Waals surface area (Å²) >= 11 is 5.55. The molecule has 0 aromatic heterocycles. The van der Waals surface area contributed by atoms with Crippen molar-refractivity contribution in [2.75, 3.05) is 17.7 Å². The number of rotatable bonds is 3. The highest BCUT2D eigenvalue weighted by Gasteiger charge is 2.20. The molecular weight excluding hydrogens is 202 g/mol. The summed E-state index contributed by atoms with van der Waals surface area (Å²) in [6, 6.07) is 5.56. The molecule has 74 valence electrons. The number of benzene rings is 1. The number of cyclic esters (lactones) is 1. The van der Waals surface area contributed by atoms with Crippen LogP contribution in [0.1, 0.15) is 15.9 Å². The molecule has 0 saturated heterocycles. The molecule has 0 unspecified atom stereocenters. The Morgan fingerprint density at radius 2 is 2.36 bits per heavy atom. The zero-order valence-electron chi connectivity index (χ0n) is 7.55. The van der Waals surface area contributed by atoms with Crippen LogP contribution >= 0.6 is 11.6 Å². The van der Waals surface area contributed by atoms with E-state index in [0.29, 0.717) is 18.1 Å². The third kappa shape index (κ3) is 1.68. The summed E-state index contributed by atoms with van der Waals surface area (Å²) in [5.74, 6) is 0.330. The van der Waals surface area contributed by atoms with Gasteiger partial charge < -0.3 is 10.1 Å². The molecule has 1 heterocycles. The van der Waals surface area contributed by atoms with Gasteiger partial charge in [-0.1, -0.05) is 0 Å². The molecular formula is C10H10ClNO2. The Balaban J connectivity index is 2.19. The van der Waals surface area contributed by atoms with Gasteiger partial charge in [0.05, 0.1) is 5.56 Å². The highest BCUT2D eigenvalue weighted by Crippen LogP contribution is 2.23. The Morgan fingerprint density at radius 3 is 3.14 bits per heavy atom. The molecule has 0 radical (unpaired) electrons. The van der Waals surface area contributed by atoms with E-state index in [1.54, 1.807) is 6.07 Å². The lowest BCUT2D eigenvalue weighted by atomic mass is 10.1. The van der Waals surface area contributed by atoms with Gasteiger partial charge in [0.2, 0.25) is 0 Å². The van der Waals surface area contributed by atoms with E-state index in [1.807, 2.05) is 12.1 Å². The Hall–Kier alpha value is -1.22. The van der Waals surface area contributed by atoms with E-state index in [4.69, 9.17) is 16.3 Å². The monoisotopic (exact) mass is 211 g/mol. The molecule has 1 aromatic carbocycles. The van der Waals surface area contributed by atoms with Gasteiger partial charge in [0.15, 0.2) is 0 Å². The topological polar surface area (TPSA) is 38.3 Å². The van der Waals surface area contributed by atoms with Crippen LogP contribution in [0.5, 0.6) is 0 Å². The highest BCUT2D eigenvalue weighted by atomic mass is 35.5. The maximum Gasteiger partial charge on any atom is 0.338 e. The number of carbonyl (C=O) groups excluding carboxylic acids is 1. The van der Waals surface area contributed by atoms with E-state index in [9.17, 15) is 4.79 Å². The average molecular weight is 212 g/mol. The largest absolute Gasteiger partial charge is 0.457 e. The number of hydrogen-bond donors (Lipinski definition) is 1. The molecule has 0 bridgehead atoms. The molecule has 0 aliphatic carbocycles. The first-order valence-corrected chi connectivity index (χ1v) is 4.94. The second-order valence-electron chi connectivity index (χ2n) is 3.06. The molecule has 0 amide bonds. The van der Waals surface area contributed by atoms with Crippen molar-refractivity contribution in [1.82, 2.24) is 0 Å². The van der Waals surface area contributed by atoms with Crippen molar-refractivity contribution < 1.29 is 9.53 Å². The number of hydrogen-bond acceptors (Lipinski definition) is 3. The maximum atomic E-state index is 11.1. The second-order valence-corrected chi connectivity index (χ2v) is 3.44. The SMILES string of the molecule is O=C1OCc2cc(NCCCl)ccc21. The molecule has 3 nitrogen and oxygen atoms in total. The first-order chi connectivity index (χ1) is 6.81. The van der Waals surface area contributed by atoms with Gasteiger partial charge in [-0.3, -0.25) is 0 Å². The van der Waals surface area contributed by atoms with Crippen molar-refractivity contribution in [2.24, 2.45) is 0 Å². The lowest BCUT2D eigenvalue weighted by molar-refractivity contribution is 0.0535. The van der Waals surface area contributed by atoms with Crippen molar-refractivity contribution >= 4 is 23.3 Å². The fraction of sp³-hybridized carbons (Fsp3) is 0.300. The molecule has 0 atom stereocenters. The van der Waals surface area contributed by atoms with Crippen LogP contribution in [-0.2, 0) is 11.3 Å². The maximum absolute atomic E-state index is 11.1. The Bertz CT molecular complexity index is 365. The Labute approximate surface area is 87.0 Å². The van der Waals surface area contributed by atoms with Crippen molar-refractivity contribution in [1.29, 1.82) is 0 Å². The van der Waals surface area contributed by atoms with Crippen LogP contribution in [0.2, 0.25) is 0 Å². The second kappa shape index (κ2) is 3.88. The van der Waals surface area contributed by atoms with E-state index in [2.05, 4.69) is 5.32 Å². The van der Waals surface area contributed by atoms with Crippen LogP contribution in [0.25, 0.3) is 0 Å². The zero-order chi connectivity index (χ0) is 9.97. The quantitative estimate of drug-likeness (QED) is 0.614. The Morgan fingerprint density at radius 1 is 1.50 bits per heavy atom. The lowest BCUT2D eigenvalue weighted by Gasteiger charge is -2.04. The van der Waals surface area contributed by atoms with Crippen molar-refractivity contribution in [3.8, 4) is 0 Å². The van der Waals surface area contributed by atoms with E-state index in [-0.39, 0.29) is 5.97 Å². The summed E-state index contributed by atoms with van der Waals surface area (Å²) in [5, 5.41) is 3.14. The number of ether oxygens (including phenoxy) is 1. The fourth-order valence-electron chi connectivity index (χ4n) is 1.43. The average Bonchev–Trinajstić information content (AvgIpc) is 2.57. The minimum atomic E-state index is -0.233. The van der Waals surface area contributed by atoms with Crippen LogP contribution in [0.4, 0.5) is 5.69 Å². The third-order valence-corrected chi connectivity index (χ3v) is 2.30. The van der Waals surface area contributed by atoms with Crippen molar-refractivity contribution in [3.63, 3.8) is 0 Å². The fourth-order valence-corrected chi connectivity index (χ4v) is 1.53. The minimum absolute atomic E-state index is 0.233. The van der Waals surface area contributed by atoms with E-state index >= 15 is 0 Å². The van der Waals surface area contributed by atoms with Crippen LogP contribution in [0, 0.1) is 0 Å². The molecule has 1 aliphatic rings. The first-order valence-electron chi connectivity index (χ1n) is 4.41. The highest BCUT2D eigenvalue weighted by molar-refractivity contribution is 6.18. The lowest BCUT2D eigenvalue weighted by Crippen LogP contribution is -2.03. The summed E-state index contributed by atoms with van der Waals surface area (Å²) in [7, 11) is 0. The molecule has 0 spiro atoms. The van der Waals surface area contributed by atoms with Crippen molar-refractivity contribution in [2.45, 2.75) is 6.61 Å². The molecule has 0 saturated carbocycles. The standard InChI is InChI=1S/C10H10ClNO2/c11-3-4-12-8-1-2-9-7(5-8)6-14-10(9)13/h1-2,5,12H,3-4,6H2.